The molecule has 0 unspecified atom stereocenters. The topological polar surface area (TPSA) is 67.2 Å². The van der Waals surface area contributed by atoms with Crippen LogP contribution in [0.2, 0.25) is 0 Å². The van der Waals surface area contributed by atoms with Gasteiger partial charge in [-0.3, -0.25) is 9.59 Å². The standard InChI is InChI=1S/C31H34N4O2/c1-21(2)19-34(31(37)27-14-10-9-11-23(27)4)20-28(36)32-30-29(25-12-7-6-8-13-25)24(5)33-35(30)26-17-15-22(3)16-18-26/h6-18,21H,19-20H2,1-5H3,(H,32,36). The highest BCUT2D eigenvalue weighted by molar-refractivity contribution is 6.01. The second-order valence-corrected chi connectivity index (χ2v) is 9.87. The SMILES string of the molecule is Cc1ccc(-n2nc(C)c(-c3ccccc3)c2NC(=O)CN(CC(C)C)C(=O)c2ccccc2C)cc1. The minimum absolute atomic E-state index is 0.0578. The van der Waals surface area contributed by atoms with Crippen molar-refractivity contribution in [1.29, 1.82) is 0 Å². The van der Waals surface area contributed by atoms with Crippen molar-refractivity contribution in [3.63, 3.8) is 0 Å². The number of amides is 2. The summed E-state index contributed by atoms with van der Waals surface area (Å²) < 4.78 is 1.77. The van der Waals surface area contributed by atoms with Gasteiger partial charge in [0.15, 0.2) is 0 Å². The van der Waals surface area contributed by atoms with Crippen LogP contribution in [0.1, 0.15) is 41.0 Å². The van der Waals surface area contributed by atoms with Crippen molar-refractivity contribution in [1.82, 2.24) is 14.7 Å². The molecule has 0 saturated heterocycles. The molecule has 190 valence electrons. The Bertz CT molecular complexity index is 1390. The first-order chi connectivity index (χ1) is 17.7. The fourth-order valence-corrected chi connectivity index (χ4v) is 4.45. The molecule has 0 aliphatic heterocycles. The molecule has 0 spiro atoms. The zero-order valence-corrected chi connectivity index (χ0v) is 22.2. The van der Waals surface area contributed by atoms with Crippen molar-refractivity contribution in [2.24, 2.45) is 5.92 Å². The van der Waals surface area contributed by atoms with E-state index in [1.165, 1.54) is 0 Å². The van der Waals surface area contributed by atoms with Crippen LogP contribution in [-0.2, 0) is 4.79 Å². The molecule has 0 aliphatic carbocycles. The molecule has 1 N–H and O–H groups in total. The highest BCUT2D eigenvalue weighted by Gasteiger charge is 2.24. The van der Waals surface area contributed by atoms with Crippen molar-refractivity contribution in [3.8, 4) is 16.8 Å². The summed E-state index contributed by atoms with van der Waals surface area (Å²) in [5.41, 5.74) is 6.11. The van der Waals surface area contributed by atoms with Gasteiger partial charge in [0.2, 0.25) is 5.91 Å². The first-order valence-electron chi connectivity index (χ1n) is 12.6. The lowest BCUT2D eigenvalue weighted by Crippen LogP contribution is -2.40. The van der Waals surface area contributed by atoms with E-state index < -0.39 is 0 Å². The van der Waals surface area contributed by atoms with Crippen LogP contribution >= 0.6 is 0 Å². The average molecular weight is 495 g/mol. The molecule has 6 nitrogen and oxygen atoms in total. The third kappa shape index (κ3) is 5.97. The molecule has 4 rings (SSSR count). The quantitative estimate of drug-likeness (QED) is 0.317. The molecule has 2 amide bonds. The summed E-state index contributed by atoms with van der Waals surface area (Å²) in [4.78, 5) is 28.6. The van der Waals surface area contributed by atoms with Gasteiger partial charge in [-0.15, -0.1) is 0 Å². The predicted molar refractivity (Wildman–Crippen MR) is 149 cm³/mol. The molecule has 0 aliphatic rings. The van der Waals surface area contributed by atoms with Gasteiger partial charge in [-0.1, -0.05) is 80.1 Å². The minimum atomic E-state index is -0.270. The average Bonchev–Trinajstić information content (AvgIpc) is 3.19. The molecule has 0 atom stereocenters. The van der Waals surface area contributed by atoms with E-state index >= 15 is 0 Å². The van der Waals surface area contributed by atoms with E-state index in [-0.39, 0.29) is 24.3 Å². The van der Waals surface area contributed by atoms with E-state index in [2.05, 4.69) is 5.32 Å². The van der Waals surface area contributed by atoms with E-state index in [1.807, 2.05) is 113 Å². The Balaban J connectivity index is 1.69. The number of hydrogen-bond acceptors (Lipinski definition) is 3. The number of rotatable bonds is 8. The van der Waals surface area contributed by atoms with Crippen LogP contribution in [0.15, 0.2) is 78.9 Å². The molecule has 0 saturated carbocycles. The number of benzene rings is 3. The minimum Gasteiger partial charge on any atom is -0.329 e. The summed E-state index contributed by atoms with van der Waals surface area (Å²) in [6.45, 7) is 10.4. The molecular formula is C31H34N4O2. The molecule has 0 fully saturated rings. The van der Waals surface area contributed by atoms with Crippen molar-refractivity contribution in [3.05, 3.63) is 101 Å². The number of hydrogen-bond donors (Lipinski definition) is 1. The van der Waals surface area contributed by atoms with E-state index in [1.54, 1.807) is 9.58 Å². The van der Waals surface area contributed by atoms with Crippen LogP contribution in [0.3, 0.4) is 0 Å². The smallest absolute Gasteiger partial charge is 0.254 e. The van der Waals surface area contributed by atoms with Gasteiger partial charge in [-0.05, 0) is 56.0 Å². The number of anilines is 1. The van der Waals surface area contributed by atoms with Crippen LogP contribution in [0.4, 0.5) is 5.82 Å². The molecule has 37 heavy (non-hydrogen) atoms. The Hall–Kier alpha value is -4.19. The Labute approximate surface area is 218 Å². The summed E-state index contributed by atoms with van der Waals surface area (Å²) >= 11 is 0. The first-order valence-corrected chi connectivity index (χ1v) is 12.6. The van der Waals surface area contributed by atoms with Gasteiger partial charge >= 0.3 is 0 Å². The maximum Gasteiger partial charge on any atom is 0.254 e. The van der Waals surface area contributed by atoms with Crippen molar-refractivity contribution in [2.75, 3.05) is 18.4 Å². The van der Waals surface area contributed by atoms with E-state index in [9.17, 15) is 9.59 Å². The van der Waals surface area contributed by atoms with Gasteiger partial charge in [-0.2, -0.15) is 5.10 Å². The molecule has 1 heterocycles. The lowest BCUT2D eigenvalue weighted by atomic mass is 10.1. The highest BCUT2D eigenvalue weighted by Crippen LogP contribution is 2.33. The molecule has 0 radical (unpaired) electrons. The van der Waals surface area contributed by atoms with Crippen LogP contribution in [0.5, 0.6) is 0 Å². The second kappa shape index (κ2) is 11.2. The van der Waals surface area contributed by atoms with E-state index in [0.29, 0.717) is 17.9 Å². The number of nitrogens with zero attached hydrogens (tertiary/aromatic N) is 3. The largest absolute Gasteiger partial charge is 0.329 e. The Kier molecular flexibility index (Phi) is 7.87. The molecule has 6 heteroatoms. The molecule has 4 aromatic rings. The third-order valence-corrected chi connectivity index (χ3v) is 6.24. The first kappa shape index (κ1) is 25.9. The van der Waals surface area contributed by atoms with Crippen molar-refractivity contribution < 1.29 is 9.59 Å². The van der Waals surface area contributed by atoms with Gasteiger partial charge in [0.1, 0.15) is 12.4 Å². The van der Waals surface area contributed by atoms with Crippen molar-refractivity contribution in [2.45, 2.75) is 34.6 Å². The molecule has 0 bridgehead atoms. The normalized spacial score (nSPS) is 11.0. The summed E-state index contributed by atoms with van der Waals surface area (Å²) in [6, 6.07) is 25.4. The molecule has 3 aromatic carbocycles. The van der Waals surface area contributed by atoms with Gasteiger partial charge < -0.3 is 10.2 Å². The van der Waals surface area contributed by atoms with Crippen LogP contribution in [0.25, 0.3) is 16.8 Å². The number of nitrogens with one attached hydrogen (secondary N) is 1. The number of aryl methyl sites for hydroxylation is 3. The maximum absolute atomic E-state index is 13.5. The number of carbonyl (C=O) groups excluding carboxylic acids is 2. The van der Waals surface area contributed by atoms with Gasteiger partial charge in [0, 0.05) is 17.7 Å². The summed E-state index contributed by atoms with van der Waals surface area (Å²) in [5, 5.41) is 7.89. The van der Waals surface area contributed by atoms with Gasteiger partial charge in [0.05, 0.1) is 11.4 Å². The molecular weight excluding hydrogens is 460 g/mol. The summed E-state index contributed by atoms with van der Waals surface area (Å²) in [7, 11) is 0. The second-order valence-electron chi connectivity index (χ2n) is 9.87. The third-order valence-electron chi connectivity index (χ3n) is 6.24. The van der Waals surface area contributed by atoms with Crippen LogP contribution < -0.4 is 5.32 Å². The lowest BCUT2D eigenvalue weighted by Gasteiger charge is -2.25. The van der Waals surface area contributed by atoms with E-state index in [0.717, 1.165) is 33.6 Å². The zero-order valence-electron chi connectivity index (χ0n) is 22.2. The van der Waals surface area contributed by atoms with Crippen LogP contribution in [-0.4, -0.2) is 39.6 Å². The Morgan fingerprint density at radius 1 is 0.892 bits per heavy atom. The summed E-state index contributed by atoms with van der Waals surface area (Å²) in [5.74, 6) is 0.382. The lowest BCUT2D eigenvalue weighted by molar-refractivity contribution is -0.117. The fraction of sp³-hybridized carbons (Fsp3) is 0.258. The number of aromatic nitrogens is 2. The predicted octanol–water partition coefficient (Wildman–Crippen LogP) is 6.20. The van der Waals surface area contributed by atoms with E-state index in [4.69, 9.17) is 5.10 Å². The Morgan fingerprint density at radius 3 is 2.19 bits per heavy atom. The van der Waals surface area contributed by atoms with Gasteiger partial charge in [0.25, 0.3) is 5.91 Å². The van der Waals surface area contributed by atoms with Crippen molar-refractivity contribution >= 4 is 17.6 Å². The Morgan fingerprint density at radius 2 is 1.54 bits per heavy atom. The zero-order chi connectivity index (χ0) is 26.5. The molecule has 1 aromatic heterocycles. The highest BCUT2D eigenvalue weighted by atomic mass is 16.2. The monoisotopic (exact) mass is 494 g/mol. The van der Waals surface area contributed by atoms with Crippen LogP contribution in [0, 0.1) is 26.7 Å². The van der Waals surface area contributed by atoms with Gasteiger partial charge in [-0.25, -0.2) is 4.68 Å². The fourth-order valence-electron chi connectivity index (χ4n) is 4.45. The number of carbonyl (C=O) groups is 2. The maximum atomic E-state index is 13.5. The summed E-state index contributed by atoms with van der Waals surface area (Å²) in [6.07, 6.45) is 0.